The van der Waals surface area contributed by atoms with E-state index in [1.165, 1.54) is 11.1 Å². The van der Waals surface area contributed by atoms with Crippen LogP contribution in [0.2, 0.25) is 0 Å². The molecule has 0 fully saturated rings. The lowest BCUT2D eigenvalue weighted by atomic mass is 10.1. The predicted octanol–water partition coefficient (Wildman–Crippen LogP) is 2.76. The molecule has 6 heteroatoms. The summed E-state index contributed by atoms with van der Waals surface area (Å²) in [6.07, 6.45) is 0.852. The topological polar surface area (TPSA) is 64.1 Å². The van der Waals surface area contributed by atoms with Crippen LogP contribution >= 0.6 is 0 Å². The van der Waals surface area contributed by atoms with Crippen molar-refractivity contribution in [1.29, 1.82) is 0 Å². The van der Waals surface area contributed by atoms with Crippen LogP contribution in [0.15, 0.2) is 47.5 Å². The number of rotatable bonds is 9. The number of hydrogen-bond donors (Lipinski definition) is 2. The molecule has 0 aliphatic rings. The van der Waals surface area contributed by atoms with Crippen molar-refractivity contribution < 1.29 is 14.2 Å². The minimum atomic E-state index is 0.617. The number of benzene rings is 2. The Kier molecular flexibility index (Phi) is 8.45. The third-order valence-electron chi connectivity index (χ3n) is 4.14. The van der Waals surface area contributed by atoms with Crippen LogP contribution in [0.1, 0.15) is 16.7 Å². The van der Waals surface area contributed by atoms with Gasteiger partial charge in [0, 0.05) is 27.2 Å². The van der Waals surface area contributed by atoms with Crippen LogP contribution in [0.4, 0.5) is 0 Å². The Balaban J connectivity index is 1.83. The molecule has 27 heavy (non-hydrogen) atoms. The molecule has 0 heterocycles. The molecule has 0 radical (unpaired) electrons. The van der Waals surface area contributed by atoms with E-state index in [1.807, 2.05) is 24.3 Å². The molecule has 2 rings (SSSR count). The highest BCUT2D eigenvalue weighted by Gasteiger charge is 2.05. The second-order valence-electron chi connectivity index (χ2n) is 6.04. The number of nitrogens with one attached hydrogen (secondary N) is 2. The van der Waals surface area contributed by atoms with Crippen molar-refractivity contribution in [1.82, 2.24) is 10.6 Å². The van der Waals surface area contributed by atoms with Crippen molar-refractivity contribution in [3.8, 4) is 11.5 Å². The van der Waals surface area contributed by atoms with Crippen molar-refractivity contribution in [2.45, 2.75) is 19.6 Å². The minimum Gasteiger partial charge on any atom is -0.493 e. The van der Waals surface area contributed by atoms with E-state index in [1.54, 1.807) is 28.4 Å². The van der Waals surface area contributed by atoms with Gasteiger partial charge in [0.15, 0.2) is 17.5 Å². The van der Waals surface area contributed by atoms with Crippen molar-refractivity contribution in [3.05, 3.63) is 59.2 Å². The van der Waals surface area contributed by atoms with Crippen LogP contribution in [0.25, 0.3) is 0 Å². The van der Waals surface area contributed by atoms with Crippen LogP contribution in [0.5, 0.6) is 11.5 Å². The third-order valence-corrected chi connectivity index (χ3v) is 4.14. The van der Waals surface area contributed by atoms with Gasteiger partial charge in [-0.1, -0.05) is 30.3 Å². The third kappa shape index (κ3) is 6.49. The van der Waals surface area contributed by atoms with Crippen molar-refractivity contribution in [2.75, 3.05) is 34.9 Å². The summed E-state index contributed by atoms with van der Waals surface area (Å²) in [5.74, 6) is 2.25. The van der Waals surface area contributed by atoms with E-state index >= 15 is 0 Å². The zero-order valence-corrected chi connectivity index (χ0v) is 16.5. The van der Waals surface area contributed by atoms with E-state index in [-0.39, 0.29) is 0 Å². The molecule has 0 aromatic heterocycles. The van der Waals surface area contributed by atoms with Gasteiger partial charge in [-0.25, -0.2) is 0 Å². The molecule has 6 nitrogen and oxygen atoms in total. The molecule has 2 aromatic rings. The monoisotopic (exact) mass is 371 g/mol. The molecule has 0 unspecified atom stereocenters. The molecule has 0 spiro atoms. The number of hydrogen-bond acceptors (Lipinski definition) is 4. The van der Waals surface area contributed by atoms with E-state index in [0.29, 0.717) is 13.2 Å². The molecular weight excluding hydrogens is 342 g/mol. The van der Waals surface area contributed by atoms with E-state index in [9.17, 15) is 0 Å². The van der Waals surface area contributed by atoms with Gasteiger partial charge in [0.05, 0.1) is 20.8 Å². The van der Waals surface area contributed by atoms with E-state index < -0.39 is 0 Å². The van der Waals surface area contributed by atoms with Gasteiger partial charge in [-0.05, 0) is 35.2 Å². The van der Waals surface area contributed by atoms with Crippen molar-refractivity contribution in [2.24, 2.45) is 4.99 Å². The van der Waals surface area contributed by atoms with Gasteiger partial charge in [0.25, 0.3) is 0 Å². The highest BCUT2D eigenvalue weighted by Crippen LogP contribution is 2.27. The zero-order chi connectivity index (χ0) is 19.5. The first-order chi connectivity index (χ1) is 13.2. The van der Waals surface area contributed by atoms with Gasteiger partial charge >= 0.3 is 0 Å². The largest absolute Gasteiger partial charge is 0.493 e. The fraction of sp³-hybridized carbons (Fsp3) is 0.381. The predicted molar refractivity (Wildman–Crippen MR) is 109 cm³/mol. The second kappa shape index (κ2) is 11.1. The maximum atomic E-state index is 5.35. The number of methoxy groups -OCH3 is 3. The fourth-order valence-electron chi connectivity index (χ4n) is 2.76. The second-order valence-corrected chi connectivity index (χ2v) is 6.04. The summed E-state index contributed by atoms with van der Waals surface area (Å²) in [7, 11) is 6.76. The van der Waals surface area contributed by atoms with E-state index in [2.05, 4.69) is 33.8 Å². The van der Waals surface area contributed by atoms with Crippen molar-refractivity contribution in [3.63, 3.8) is 0 Å². The molecule has 0 atom stereocenters. The molecule has 0 aliphatic heterocycles. The molecule has 2 aromatic carbocycles. The number of aliphatic imine (C=N–C) groups is 1. The Morgan fingerprint density at radius 1 is 0.889 bits per heavy atom. The van der Waals surface area contributed by atoms with Crippen LogP contribution in [0.3, 0.4) is 0 Å². The summed E-state index contributed by atoms with van der Waals surface area (Å²) >= 11 is 0. The lowest BCUT2D eigenvalue weighted by molar-refractivity contribution is 0.185. The van der Waals surface area contributed by atoms with Crippen LogP contribution in [0, 0.1) is 0 Å². The molecule has 0 saturated carbocycles. The first kappa shape index (κ1) is 20.6. The molecular formula is C21H29N3O3. The summed E-state index contributed by atoms with van der Waals surface area (Å²) in [4.78, 5) is 4.28. The molecule has 0 saturated heterocycles. The minimum absolute atomic E-state index is 0.617. The van der Waals surface area contributed by atoms with Crippen LogP contribution < -0.4 is 20.1 Å². The van der Waals surface area contributed by atoms with Gasteiger partial charge in [-0.2, -0.15) is 0 Å². The number of nitrogens with zero attached hydrogens (tertiary/aromatic N) is 1. The molecule has 146 valence electrons. The van der Waals surface area contributed by atoms with E-state index in [0.717, 1.165) is 36.0 Å². The maximum absolute atomic E-state index is 5.35. The Bertz CT molecular complexity index is 747. The van der Waals surface area contributed by atoms with Crippen molar-refractivity contribution >= 4 is 5.96 Å². The lowest BCUT2D eigenvalue weighted by Crippen LogP contribution is -2.37. The molecule has 2 N–H and O–H groups in total. The van der Waals surface area contributed by atoms with E-state index in [4.69, 9.17) is 14.2 Å². The molecule has 0 bridgehead atoms. The maximum Gasteiger partial charge on any atom is 0.191 e. The van der Waals surface area contributed by atoms with Gasteiger partial charge in [-0.3, -0.25) is 4.99 Å². The Morgan fingerprint density at radius 2 is 1.67 bits per heavy atom. The average molecular weight is 371 g/mol. The SMILES string of the molecule is CN=C(NCCc1ccc(OC)c(OC)c1)NCc1cccc(COC)c1. The average Bonchev–Trinajstić information content (AvgIpc) is 2.71. The van der Waals surface area contributed by atoms with Crippen LogP contribution in [-0.4, -0.2) is 40.9 Å². The lowest BCUT2D eigenvalue weighted by Gasteiger charge is -2.13. The highest BCUT2D eigenvalue weighted by atomic mass is 16.5. The van der Waals surface area contributed by atoms with Crippen LogP contribution in [-0.2, 0) is 24.3 Å². The summed E-state index contributed by atoms with van der Waals surface area (Å²) in [6, 6.07) is 14.3. The summed E-state index contributed by atoms with van der Waals surface area (Å²) in [6.45, 7) is 2.08. The van der Waals surface area contributed by atoms with Gasteiger partial charge in [0.1, 0.15) is 0 Å². The standard InChI is InChI=1S/C21H29N3O3/c1-22-21(24-14-17-6-5-7-18(12-17)15-25-2)23-11-10-16-8-9-19(26-3)20(13-16)27-4/h5-9,12-13H,10-11,14-15H2,1-4H3,(H2,22,23,24). The zero-order valence-electron chi connectivity index (χ0n) is 16.5. The van der Waals surface area contributed by atoms with Gasteiger partial charge in [-0.15, -0.1) is 0 Å². The van der Waals surface area contributed by atoms with Gasteiger partial charge in [0.2, 0.25) is 0 Å². The summed E-state index contributed by atoms with van der Waals surface area (Å²) < 4.78 is 15.8. The number of guanidine groups is 1. The summed E-state index contributed by atoms with van der Waals surface area (Å²) in [5, 5.41) is 6.67. The normalized spacial score (nSPS) is 11.2. The molecule has 0 aliphatic carbocycles. The fourth-order valence-corrected chi connectivity index (χ4v) is 2.76. The first-order valence-electron chi connectivity index (χ1n) is 8.92. The Labute approximate surface area is 161 Å². The quantitative estimate of drug-likeness (QED) is 0.524. The first-order valence-corrected chi connectivity index (χ1v) is 8.92. The Hall–Kier alpha value is -2.73. The summed E-state index contributed by atoms with van der Waals surface area (Å²) in [5.41, 5.74) is 3.52. The highest BCUT2D eigenvalue weighted by molar-refractivity contribution is 5.79. The smallest absolute Gasteiger partial charge is 0.191 e. The van der Waals surface area contributed by atoms with Gasteiger partial charge < -0.3 is 24.8 Å². The molecule has 0 amide bonds. The Morgan fingerprint density at radius 3 is 2.37 bits per heavy atom. The number of ether oxygens (including phenoxy) is 3.